The molecule has 0 amide bonds. The van der Waals surface area contributed by atoms with Crippen molar-refractivity contribution in [3.8, 4) is 5.75 Å². The lowest BCUT2D eigenvalue weighted by atomic mass is 10.1. The first-order chi connectivity index (χ1) is 11.0. The normalized spacial score (nSPS) is 14.7. The minimum Gasteiger partial charge on any atom is -0.490 e. The van der Waals surface area contributed by atoms with E-state index in [1.165, 1.54) is 13.2 Å². The predicted octanol–water partition coefficient (Wildman–Crippen LogP) is 1.47. The second kappa shape index (κ2) is 9.95. The summed E-state index contributed by atoms with van der Waals surface area (Å²) in [7, 11) is -2.35. The summed E-state index contributed by atoms with van der Waals surface area (Å²) in [6, 6.07) is 3.43. The van der Waals surface area contributed by atoms with Crippen molar-refractivity contribution in [1.29, 1.82) is 0 Å². The van der Waals surface area contributed by atoms with Crippen molar-refractivity contribution >= 4 is 22.4 Å². The summed E-state index contributed by atoms with van der Waals surface area (Å²) in [6.45, 7) is 2.24. The first kappa shape index (κ1) is 20.9. The van der Waals surface area contributed by atoms with Crippen LogP contribution in [-0.2, 0) is 14.8 Å². The van der Waals surface area contributed by atoms with Gasteiger partial charge < -0.3 is 14.8 Å². The summed E-state index contributed by atoms with van der Waals surface area (Å²) < 4.78 is 51.1. The van der Waals surface area contributed by atoms with Crippen molar-refractivity contribution in [1.82, 2.24) is 10.0 Å². The first-order valence-corrected chi connectivity index (χ1v) is 8.81. The lowest BCUT2D eigenvalue weighted by Crippen LogP contribution is -2.30. The van der Waals surface area contributed by atoms with Gasteiger partial charge in [0.1, 0.15) is 23.1 Å². The molecule has 0 saturated heterocycles. The summed E-state index contributed by atoms with van der Waals surface area (Å²) in [5.41, 5.74) is 1.01. The average Bonchev–Trinajstić information content (AvgIpc) is 2.55. The van der Waals surface area contributed by atoms with Crippen molar-refractivity contribution in [2.45, 2.75) is 11.3 Å². The van der Waals surface area contributed by atoms with Crippen LogP contribution in [-0.4, -0.2) is 48.4 Å². The van der Waals surface area contributed by atoms with E-state index in [0.29, 0.717) is 6.61 Å². The Bertz CT molecular complexity index is 667. The van der Waals surface area contributed by atoms with Crippen LogP contribution in [0.4, 0.5) is 4.39 Å². The summed E-state index contributed by atoms with van der Waals surface area (Å²) >= 11 is 0. The van der Waals surface area contributed by atoms with Gasteiger partial charge >= 0.3 is 0 Å². The maximum atomic E-state index is 13.5. The fraction of sp³-hybridized carbons (Fsp3) is 0.467. The van der Waals surface area contributed by atoms with E-state index in [1.807, 2.05) is 6.08 Å². The quantitative estimate of drug-likeness (QED) is 0.527. The third-order valence-electron chi connectivity index (χ3n) is 3.39. The Morgan fingerprint density at radius 1 is 1.33 bits per heavy atom. The number of halogens is 2. The fourth-order valence-electron chi connectivity index (χ4n) is 2.14. The summed E-state index contributed by atoms with van der Waals surface area (Å²) in [4.78, 5) is -0.205. The molecule has 2 N–H and O–H groups in total. The van der Waals surface area contributed by atoms with Crippen molar-refractivity contribution in [3.05, 3.63) is 35.7 Å². The molecule has 24 heavy (non-hydrogen) atoms. The number of nitrogens with one attached hydrogen (secondary N) is 2. The van der Waals surface area contributed by atoms with Gasteiger partial charge in [0.15, 0.2) is 0 Å². The van der Waals surface area contributed by atoms with Gasteiger partial charge in [0.05, 0.1) is 6.61 Å². The van der Waals surface area contributed by atoms with E-state index in [1.54, 1.807) is 0 Å². The molecule has 0 fully saturated rings. The molecular formula is C15H22ClFN2O4S. The van der Waals surface area contributed by atoms with Gasteiger partial charge in [0.2, 0.25) is 10.0 Å². The van der Waals surface area contributed by atoms with Crippen LogP contribution in [0.25, 0.3) is 0 Å². The molecule has 0 unspecified atom stereocenters. The number of hydrogen-bond acceptors (Lipinski definition) is 5. The van der Waals surface area contributed by atoms with Gasteiger partial charge in [-0.3, -0.25) is 0 Å². The lowest BCUT2D eigenvalue weighted by Gasteiger charge is -2.16. The van der Waals surface area contributed by atoms with Crippen molar-refractivity contribution in [2.75, 3.05) is 40.0 Å². The Balaban J connectivity index is 0.00000288. The van der Waals surface area contributed by atoms with E-state index in [4.69, 9.17) is 9.47 Å². The molecule has 1 heterocycles. The Labute approximate surface area is 147 Å². The zero-order valence-corrected chi connectivity index (χ0v) is 15.0. The number of sulfonamides is 1. The van der Waals surface area contributed by atoms with Crippen LogP contribution in [0.2, 0.25) is 0 Å². The van der Waals surface area contributed by atoms with Gasteiger partial charge in [-0.15, -0.1) is 12.4 Å². The first-order valence-electron chi connectivity index (χ1n) is 7.32. The molecule has 0 aliphatic carbocycles. The average molecular weight is 381 g/mol. The van der Waals surface area contributed by atoms with E-state index in [0.717, 1.165) is 37.2 Å². The number of ether oxygens (including phenoxy) is 2. The maximum absolute atomic E-state index is 13.5. The number of hydrogen-bond donors (Lipinski definition) is 2. The van der Waals surface area contributed by atoms with Crippen LogP contribution in [0.1, 0.15) is 6.42 Å². The molecule has 0 atom stereocenters. The highest BCUT2D eigenvalue weighted by Gasteiger charge is 2.21. The van der Waals surface area contributed by atoms with Gasteiger partial charge in [0.25, 0.3) is 0 Å². The summed E-state index contributed by atoms with van der Waals surface area (Å²) in [5, 5.41) is 3.15. The standard InChI is InChI=1S/C15H21FN2O4S.ClH/c1-21-8-9-22-14-3-2-13(16)10-15(14)23(19,20)18-11-12-4-6-17-7-5-12;/h2-4,10,17-18H,5-9,11H2,1H3;1H. The van der Waals surface area contributed by atoms with E-state index in [-0.39, 0.29) is 36.2 Å². The Hall–Kier alpha value is -1.19. The maximum Gasteiger partial charge on any atom is 0.244 e. The van der Waals surface area contributed by atoms with Crippen molar-refractivity contribution < 1.29 is 22.3 Å². The number of rotatable bonds is 8. The second-order valence-electron chi connectivity index (χ2n) is 5.07. The van der Waals surface area contributed by atoms with Crippen LogP contribution in [0.3, 0.4) is 0 Å². The molecule has 136 valence electrons. The smallest absolute Gasteiger partial charge is 0.244 e. The van der Waals surface area contributed by atoms with Gasteiger partial charge in [-0.2, -0.15) is 0 Å². The van der Waals surface area contributed by atoms with E-state index in [2.05, 4.69) is 10.0 Å². The van der Waals surface area contributed by atoms with Crippen LogP contribution < -0.4 is 14.8 Å². The zero-order valence-electron chi connectivity index (χ0n) is 13.4. The monoisotopic (exact) mass is 380 g/mol. The minimum atomic E-state index is -3.87. The second-order valence-corrected chi connectivity index (χ2v) is 6.81. The minimum absolute atomic E-state index is 0. The highest BCUT2D eigenvalue weighted by Crippen LogP contribution is 2.25. The number of methoxy groups -OCH3 is 1. The van der Waals surface area contributed by atoms with Crippen LogP contribution in [0, 0.1) is 5.82 Å². The van der Waals surface area contributed by atoms with Gasteiger partial charge in [-0.25, -0.2) is 17.5 Å². The highest BCUT2D eigenvalue weighted by molar-refractivity contribution is 7.89. The molecule has 0 saturated carbocycles. The van der Waals surface area contributed by atoms with Crippen molar-refractivity contribution in [2.24, 2.45) is 0 Å². The molecule has 0 aromatic heterocycles. The molecule has 9 heteroatoms. The molecule has 0 radical (unpaired) electrons. The van der Waals surface area contributed by atoms with E-state index >= 15 is 0 Å². The molecule has 1 aromatic rings. The third-order valence-corrected chi connectivity index (χ3v) is 4.81. The molecule has 0 spiro atoms. The Kier molecular flexibility index (Phi) is 8.65. The van der Waals surface area contributed by atoms with E-state index < -0.39 is 15.8 Å². The molecule has 1 aliphatic rings. The Morgan fingerprint density at radius 3 is 2.79 bits per heavy atom. The predicted molar refractivity (Wildman–Crippen MR) is 91.8 cm³/mol. The summed E-state index contributed by atoms with van der Waals surface area (Å²) in [6.07, 6.45) is 2.73. The van der Waals surface area contributed by atoms with Gasteiger partial charge in [-0.05, 0) is 31.2 Å². The molecule has 1 aliphatic heterocycles. The third kappa shape index (κ3) is 6.03. The molecular weight excluding hydrogens is 359 g/mol. The SMILES string of the molecule is COCCOc1ccc(F)cc1S(=O)(=O)NCC1=CCNCC1.Cl. The van der Waals surface area contributed by atoms with Gasteiger partial charge in [0, 0.05) is 20.2 Å². The highest BCUT2D eigenvalue weighted by atomic mass is 35.5. The van der Waals surface area contributed by atoms with Crippen LogP contribution >= 0.6 is 12.4 Å². The lowest BCUT2D eigenvalue weighted by molar-refractivity contribution is 0.144. The fourth-order valence-corrected chi connectivity index (χ4v) is 3.33. The van der Waals surface area contributed by atoms with Crippen LogP contribution in [0.5, 0.6) is 5.75 Å². The molecule has 2 rings (SSSR count). The largest absolute Gasteiger partial charge is 0.490 e. The van der Waals surface area contributed by atoms with Gasteiger partial charge in [-0.1, -0.05) is 11.6 Å². The molecule has 6 nitrogen and oxygen atoms in total. The van der Waals surface area contributed by atoms with Crippen molar-refractivity contribution in [3.63, 3.8) is 0 Å². The molecule has 0 bridgehead atoms. The Morgan fingerprint density at radius 2 is 2.12 bits per heavy atom. The summed E-state index contributed by atoms with van der Waals surface area (Å²) in [5.74, 6) is -0.527. The zero-order chi connectivity index (χ0) is 16.7. The van der Waals surface area contributed by atoms with Crippen LogP contribution in [0.15, 0.2) is 34.7 Å². The van der Waals surface area contributed by atoms with E-state index in [9.17, 15) is 12.8 Å². The molecule has 1 aromatic carbocycles. The topological polar surface area (TPSA) is 76.7 Å². The number of benzene rings is 1.